The van der Waals surface area contributed by atoms with Crippen LogP contribution < -0.4 is 0 Å². The average Bonchev–Trinajstić information content (AvgIpc) is 2.47. The largest absolute Gasteiger partial charge is 0.504 e. The van der Waals surface area contributed by atoms with Gasteiger partial charge in [0.2, 0.25) is 0 Å². The van der Waals surface area contributed by atoms with Crippen LogP contribution >= 0.6 is 0 Å². The molecular weight excluding hydrogens is 180 g/mol. The van der Waals surface area contributed by atoms with Crippen molar-refractivity contribution in [3.63, 3.8) is 0 Å². The third-order valence-electron chi connectivity index (χ3n) is 2.45. The fraction of sp³-hybridized carbons (Fsp3) is 0.182. The van der Waals surface area contributed by atoms with Crippen LogP contribution in [0.2, 0.25) is 0 Å². The minimum atomic E-state index is 0.0711. The number of rotatable bonds is 1. The van der Waals surface area contributed by atoms with E-state index < -0.39 is 0 Å². The number of carbonyl (C=O) groups is 1. The molecule has 3 nitrogen and oxygen atoms in total. The van der Waals surface area contributed by atoms with Crippen molar-refractivity contribution >= 4 is 17.3 Å². The van der Waals surface area contributed by atoms with Crippen LogP contribution in [0, 0.1) is 13.8 Å². The Labute approximate surface area is 81.0 Å². The molecule has 0 bridgehead atoms. The second-order valence-electron chi connectivity index (χ2n) is 3.28. The number of furan rings is 1. The molecule has 0 aliphatic carbocycles. The first-order valence-electron chi connectivity index (χ1n) is 4.32. The molecule has 14 heavy (non-hydrogen) atoms. The SMILES string of the molecule is Cc1oc2c(O)ccc(C=O)c2c1C. The first-order valence-corrected chi connectivity index (χ1v) is 4.32. The van der Waals surface area contributed by atoms with Gasteiger partial charge in [-0.05, 0) is 31.5 Å². The maximum absolute atomic E-state index is 10.8. The van der Waals surface area contributed by atoms with E-state index in [1.165, 1.54) is 6.07 Å². The maximum Gasteiger partial charge on any atom is 0.176 e. The lowest BCUT2D eigenvalue weighted by molar-refractivity contribution is 0.112. The number of aromatic hydroxyl groups is 1. The number of hydrogen-bond acceptors (Lipinski definition) is 3. The van der Waals surface area contributed by atoms with Gasteiger partial charge in [-0.3, -0.25) is 4.79 Å². The van der Waals surface area contributed by atoms with E-state index in [4.69, 9.17) is 4.42 Å². The molecule has 2 rings (SSSR count). The second-order valence-corrected chi connectivity index (χ2v) is 3.28. The molecule has 0 aliphatic heterocycles. The van der Waals surface area contributed by atoms with Gasteiger partial charge in [0.05, 0.1) is 0 Å². The highest BCUT2D eigenvalue weighted by molar-refractivity contribution is 6.00. The summed E-state index contributed by atoms with van der Waals surface area (Å²) in [5.74, 6) is 0.798. The van der Waals surface area contributed by atoms with Gasteiger partial charge < -0.3 is 9.52 Å². The number of aldehydes is 1. The monoisotopic (exact) mass is 190 g/mol. The number of phenolic OH excluding ortho intramolecular Hbond substituents is 1. The van der Waals surface area contributed by atoms with Crippen LogP contribution in [0.15, 0.2) is 16.5 Å². The number of phenols is 1. The van der Waals surface area contributed by atoms with Gasteiger partial charge in [0.25, 0.3) is 0 Å². The van der Waals surface area contributed by atoms with Crippen molar-refractivity contribution in [3.05, 3.63) is 29.0 Å². The summed E-state index contributed by atoms with van der Waals surface area (Å²) >= 11 is 0. The molecule has 0 fully saturated rings. The van der Waals surface area contributed by atoms with Gasteiger partial charge in [-0.2, -0.15) is 0 Å². The van der Waals surface area contributed by atoms with Crippen LogP contribution in [0.4, 0.5) is 0 Å². The Kier molecular flexibility index (Phi) is 1.81. The Hall–Kier alpha value is -1.77. The van der Waals surface area contributed by atoms with Crippen LogP contribution in [-0.4, -0.2) is 11.4 Å². The molecule has 1 aromatic heterocycles. The Morgan fingerprint density at radius 3 is 2.71 bits per heavy atom. The van der Waals surface area contributed by atoms with Crippen molar-refractivity contribution in [1.29, 1.82) is 0 Å². The Morgan fingerprint density at radius 1 is 1.36 bits per heavy atom. The number of aryl methyl sites for hydroxylation is 2. The predicted molar refractivity (Wildman–Crippen MR) is 52.7 cm³/mol. The van der Waals surface area contributed by atoms with Gasteiger partial charge in [0.1, 0.15) is 5.76 Å². The number of carbonyl (C=O) groups excluding carboxylic acids is 1. The van der Waals surface area contributed by atoms with E-state index in [9.17, 15) is 9.90 Å². The molecule has 0 aliphatic rings. The molecule has 0 saturated heterocycles. The number of fused-ring (bicyclic) bond motifs is 1. The van der Waals surface area contributed by atoms with Gasteiger partial charge in [0, 0.05) is 10.9 Å². The molecule has 0 amide bonds. The van der Waals surface area contributed by atoms with Crippen LogP contribution in [0.1, 0.15) is 21.7 Å². The van der Waals surface area contributed by atoms with E-state index in [1.54, 1.807) is 6.07 Å². The molecule has 1 N–H and O–H groups in total. The van der Waals surface area contributed by atoms with Crippen molar-refractivity contribution in [2.45, 2.75) is 13.8 Å². The van der Waals surface area contributed by atoms with E-state index in [2.05, 4.69) is 0 Å². The van der Waals surface area contributed by atoms with Crippen molar-refractivity contribution in [1.82, 2.24) is 0 Å². The Bertz CT molecular complexity index is 509. The molecular formula is C11H10O3. The Morgan fingerprint density at radius 2 is 2.07 bits per heavy atom. The summed E-state index contributed by atoms with van der Waals surface area (Å²) < 4.78 is 5.36. The lowest BCUT2D eigenvalue weighted by Gasteiger charge is -1.96. The summed E-state index contributed by atoms with van der Waals surface area (Å²) in [5.41, 5.74) is 1.84. The minimum absolute atomic E-state index is 0.0711. The second kappa shape index (κ2) is 2.87. The van der Waals surface area contributed by atoms with Gasteiger partial charge in [0.15, 0.2) is 17.6 Å². The molecule has 0 atom stereocenters. The predicted octanol–water partition coefficient (Wildman–Crippen LogP) is 2.57. The molecule has 1 aromatic carbocycles. The molecule has 1 heterocycles. The molecule has 3 heteroatoms. The van der Waals surface area contributed by atoms with E-state index in [1.807, 2.05) is 13.8 Å². The fourth-order valence-electron chi connectivity index (χ4n) is 1.58. The van der Waals surface area contributed by atoms with E-state index in [0.29, 0.717) is 16.5 Å². The molecule has 2 aromatic rings. The third kappa shape index (κ3) is 1.02. The summed E-state index contributed by atoms with van der Waals surface area (Å²) in [6, 6.07) is 3.06. The number of benzene rings is 1. The molecule has 0 spiro atoms. The zero-order valence-electron chi connectivity index (χ0n) is 8.00. The van der Waals surface area contributed by atoms with Crippen LogP contribution in [0.3, 0.4) is 0 Å². The normalized spacial score (nSPS) is 10.7. The quantitative estimate of drug-likeness (QED) is 0.703. The Balaban J connectivity index is 2.99. The van der Waals surface area contributed by atoms with Crippen molar-refractivity contribution in [2.24, 2.45) is 0 Å². The summed E-state index contributed by atoms with van der Waals surface area (Å²) in [7, 11) is 0. The summed E-state index contributed by atoms with van der Waals surface area (Å²) in [6.07, 6.45) is 0.768. The lowest BCUT2D eigenvalue weighted by atomic mass is 10.1. The molecule has 0 unspecified atom stereocenters. The fourth-order valence-corrected chi connectivity index (χ4v) is 1.58. The zero-order valence-corrected chi connectivity index (χ0v) is 8.00. The summed E-state index contributed by atoms with van der Waals surface area (Å²) in [4.78, 5) is 10.8. The van der Waals surface area contributed by atoms with E-state index in [0.717, 1.165) is 17.6 Å². The van der Waals surface area contributed by atoms with Gasteiger partial charge >= 0.3 is 0 Å². The highest BCUT2D eigenvalue weighted by Crippen LogP contribution is 2.33. The third-order valence-corrected chi connectivity index (χ3v) is 2.45. The van der Waals surface area contributed by atoms with Gasteiger partial charge in [-0.15, -0.1) is 0 Å². The average molecular weight is 190 g/mol. The van der Waals surface area contributed by atoms with Crippen molar-refractivity contribution in [3.8, 4) is 5.75 Å². The zero-order chi connectivity index (χ0) is 10.3. The van der Waals surface area contributed by atoms with Gasteiger partial charge in [-0.25, -0.2) is 0 Å². The van der Waals surface area contributed by atoms with E-state index in [-0.39, 0.29) is 5.75 Å². The molecule has 0 saturated carbocycles. The molecule has 0 radical (unpaired) electrons. The molecule has 72 valence electrons. The topological polar surface area (TPSA) is 50.4 Å². The maximum atomic E-state index is 10.8. The minimum Gasteiger partial charge on any atom is -0.504 e. The van der Waals surface area contributed by atoms with Crippen LogP contribution in [0.25, 0.3) is 11.0 Å². The summed E-state index contributed by atoms with van der Waals surface area (Å²) in [5, 5.41) is 10.2. The van der Waals surface area contributed by atoms with Gasteiger partial charge in [-0.1, -0.05) is 0 Å². The van der Waals surface area contributed by atoms with Crippen molar-refractivity contribution in [2.75, 3.05) is 0 Å². The standard InChI is InChI=1S/C11H10O3/c1-6-7(2)14-11-9(13)4-3-8(5-12)10(6)11/h3-5,13H,1-2H3. The highest BCUT2D eigenvalue weighted by atomic mass is 16.4. The van der Waals surface area contributed by atoms with Crippen LogP contribution in [0.5, 0.6) is 5.75 Å². The van der Waals surface area contributed by atoms with Crippen molar-refractivity contribution < 1.29 is 14.3 Å². The number of hydrogen-bond donors (Lipinski definition) is 1. The first kappa shape index (κ1) is 8.81. The summed E-state index contributed by atoms with van der Waals surface area (Å²) in [6.45, 7) is 3.68. The van der Waals surface area contributed by atoms with E-state index >= 15 is 0 Å². The highest BCUT2D eigenvalue weighted by Gasteiger charge is 2.13. The first-order chi connectivity index (χ1) is 6.65. The lowest BCUT2D eigenvalue weighted by Crippen LogP contribution is -1.82. The van der Waals surface area contributed by atoms with Crippen LogP contribution in [-0.2, 0) is 0 Å². The smallest absolute Gasteiger partial charge is 0.176 e.